The minimum absolute atomic E-state index is 0.0433. The van der Waals surface area contributed by atoms with Crippen LogP contribution in [0.5, 0.6) is 46.3 Å². The van der Waals surface area contributed by atoms with Crippen molar-refractivity contribution in [3.63, 3.8) is 0 Å². The summed E-state index contributed by atoms with van der Waals surface area (Å²) in [5, 5.41) is 11.9. The average molecular weight is 847 g/mol. The van der Waals surface area contributed by atoms with E-state index in [2.05, 4.69) is 34.8 Å². The van der Waals surface area contributed by atoms with E-state index in [1.54, 1.807) is 62.6 Å². The molecule has 62 heavy (non-hydrogen) atoms. The molecule has 17 heteroatoms. The maximum Gasteiger partial charge on any atom is 0.230 e. The highest BCUT2D eigenvalue weighted by Gasteiger charge is 2.20. The van der Waals surface area contributed by atoms with Gasteiger partial charge in [-0.3, -0.25) is 9.69 Å². The molecule has 1 aliphatic rings. The Morgan fingerprint density at radius 1 is 0.677 bits per heavy atom. The van der Waals surface area contributed by atoms with Gasteiger partial charge in [-0.05, 0) is 68.8 Å². The molecule has 0 unspecified atom stereocenters. The number of nitrogens with one attached hydrogen (secondary N) is 2. The average Bonchev–Trinajstić information content (AvgIpc) is 3.86. The Morgan fingerprint density at radius 3 is 1.74 bits per heavy atom. The van der Waals surface area contributed by atoms with Crippen molar-refractivity contribution in [1.82, 2.24) is 39.7 Å². The van der Waals surface area contributed by atoms with Gasteiger partial charge in [0.1, 0.15) is 12.7 Å². The van der Waals surface area contributed by atoms with Crippen LogP contribution >= 0.6 is 0 Å². The predicted octanol–water partition coefficient (Wildman–Crippen LogP) is 8.36. The molecule has 0 atom stereocenters. The number of piperazine rings is 1. The molecular weight excluding hydrogens is 803 g/mol. The molecule has 0 saturated carbocycles. The number of carbonyl (C=O) groups excluding carboxylic acids is 1. The molecule has 320 valence electrons. The van der Waals surface area contributed by atoms with Crippen molar-refractivity contribution < 1.29 is 42.4 Å². The third kappa shape index (κ3) is 8.65. The van der Waals surface area contributed by atoms with Gasteiger partial charge in [-0.15, -0.1) is 0 Å². The summed E-state index contributed by atoms with van der Waals surface area (Å²) < 4.78 is 58.1. The highest BCUT2D eigenvalue weighted by Crippen LogP contribution is 2.39. The van der Waals surface area contributed by atoms with Gasteiger partial charge in [0.15, 0.2) is 46.1 Å². The number of rotatable bonds is 11. The van der Waals surface area contributed by atoms with Gasteiger partial charge >= 0.3 is 0 Å². The van der Waals surface area contributed by atoms with E-state index in [0.717, 1.165) is 50.5 Å². The number of ether oxygens (including phenoxy) is 5. The lowest BCUT2D eigenvalue weighted by Gasteiger charge is -2.34. The van der Waals surface area contributed by atoms with Gasteiger partial charge in [0, 0.05) is 85.0 Å². The van der Waals surface area contributed by atoms with E-state index in [1.165, 1.54) is 31.9 Å². The predicted molar refractivity (Wildman–Crippen MR) is 229 cm³/mol. The number of H-pyrrole nitrogens is 2. The number of fused-ring (bicyclic) bond motifs is 4. The fourth-order valence-electron chi connectivity index (χ4n) is 7.39. The maximum atomic E-state index is 15.1. The number of aromatic nitrogens is 6. The second kappa shape index (κ2) is 17.8. The highest BCUT2D eigenvalue weighted by molar-refractivity contribution is 5.89. The number of aromatic hydroxyl groups is 1. The Balaban J connectivity index is 0.000000184. The van der Waals surface area contributed by atoms with Crippen molar-refractivity contribution in [2.75, 3.05) is 53.6 Å². The Kier molecular flexibility index (Phi) is 11.9. The summed E-state index contributed by atoms with van der Waals surface area (Å²) in [5.41, 5.74) is 4.23. The SMILES string of the molecule is COc1cc2ncnc(Oc3ccc4[nH]c(C)cc4c3F)c2cc1O.COc1cc2ncnc(Oc3ccc4[nH]c(C)cc4c3F)c2cc1OCCCN1CCN(C(C)=O)CC1. The largest absolute Gasteiger partial charge is 0.504 e. The summed E-state index contributed by atoms with van der Waals surface area (Å²) >= 11 is 0. The van der Waals surface area contributed by atoms with E-state index in [9.17, 15) is 14.3 Å². The third-order valence-electron chi connectivity index (χ3n) is 10.6. The van der Waals surface area contributed by atoms with E-state index in [0.29, 0.717) is 61.7 Å². The number of nitrogens with zero attached hydrogens (tertiary/aromatic N) is 6. The zero-order valence-corrected chi connectivity index (χ0v) is 34.7. The summed E-state index contributed by atoms with van der Waals surface area (Å²) in [6.07, 6.45) is 3.50. The van der Waals surface area contributed by atoms with Gasteiger partial charge in [-0.25, -0.2) is 28.7 Å². The zero-order valence-electron chi connectivity index (χ0n) is 34.7. The van der Waals surface area contributed by atoms with Crippen LogP contribution < -0.4 is 23.7 Å². The molecule has 1 saturated heterocycles. The normalized spacial score (nSPS) is 13.0. The summed E-state index contributed by atoms with van der Waals surface area (Å²) in [6.45, 7) is 9.94. The van der Waals surface area contributed by atoms with Crippen LogP contribution in [-0.4, -0.2) is 104 Å². The standard InChI is InChI=1S/C27H30FN5O4.C18H14FN3O3/c1-17-13-19-21(31-17)5-6-23(26(19)28)37-27-20-14-25(24(35-3)15-22(20)29-16-30-27)36-12-4-7-32-8-10-33(11-9-32)18(2)34;1-9-5-10-12(22-9)3-4-15(17(10)19)25-18-11-6-14(23)16(24-2)7-13(11)20-8-21-18/h5-6,13-16,31H,4,7-12H2,1-3H3;3-8,22-23H,1-2H3. The molecule has 1 amide bonds. The minimum atomic E-state index is -0.480. The van der Waals surface area contributed by atoms with E-state index in [1.807, 2.05) is 18.7 Å². The first-order valence-electron chi connectivity index (χ1n) is 19.9. The van der Waals surface area contributed by atoms with Gasteiger partial charge in [-0.2, -0.15) is 0 Å². The third-order valence-corrected chi connectivity index (χ3v) is 10.6. The molecule has 0 spiro atoms. The van der Waals surface area contributed by atoms with Crippen molar-refractivity contribution >= 4 is 49.5 Å². The van der Waals surface area contributed by atoms with E-state index in [-0.39, 0.29) is 40.7 Å². The Labute approximate surface area is 354 Å². The Bertz CT molecular complexity index is 2930. The number of hydrogen-bond donors (Lipinski definition) is 3. The minimum Gasteiger partial charge on any atom is -0.504 e. The molecule has 8 aromatic rings. The first-order chi connectivity index (χ1) is 30.0. The molecule has 4 aromatic heterocycles. The smallest absolute Gasteiger partial charge is 0.230 e. The van der Waals surface area contributed by atoms with E-state index in [4.69, 9.17) is 23.7 Å². The molecule has 1 fully saturated rings. The lowest BCUT2D eigenvalue weighted by Crippen LogP contribution is -2.48. The van der Waals surface area contributed by atoms with E-state index < -0.39 is 11.6 Å². The fraction of sp³-hybridized carbons (Fsp3) is 0.267. The quantitative estimate of drug-likeness (QED) is 0.106. The topological polar surface area (TPSA) is 173 Å². The second-order valence-electron chi connectivity index (χ2n) is 14.8. The van der Waals surface area contributed by atoms with E-state index >= 15 is 4.39 Å². The van der Waals surface area contributed by atoms with Crippen molar-refractivity contribution in [3.05, 3.63) is 96.3 Å². The van der Waals surface area contributed by atoms with Crippen molar-refractivity contribution in [2.45, 2.75) is 27.2 Å². The number of halogens is 2. The van der Waals surface area contributed by atoms with Crippen LogP contribution in [0, 0.1) is 25.5 Å². The zero-order chi connectivity index (χ0) is 43.5. The number of aromatic amines is 2. The molecule has 0 aliphatic carbocycles. The van der Waals surface area contributed by atoms with Crippen LogP contribution in [-0.2, 0) is 4.79 Å². The number of aryl methyl sites for hydroxylation is 2. The maximum absolute atomic E-state index is 15.1. The molecular formula is C45H44F2N8O7. The van der Waals surface area contributed by atoms with Crippen LogP contribution in [0.2, 0.25) is 0 Å². The fourth-order valence-corrected chi connectivity index (χ4v) is 7.39. The number of phenols is 1. The van der Waals surface area contributed by atoms with Gasteiger partial charge in [0.05, 0.1) is 42.6 Å². The number of amides is 1. The summed E-state index contributed by atoms with van der Waals surface area (Å²) in [7, 11) is 3.02. The number of methoxy groups -OCH3 is 2. The number of benzene rings is 4. The Morgan fingerprint density at radius 2 is 1.21 bits per heavy atom. The van der Waals surface area contributed by atoms with Crippen molar-refractivity contribution in [3.8, 4) is 46.3 Å². The lowest BCUT2D eigenvalue weighted by molar-refractivity contribution is -0.130. The highest BCUT2D eigenvalue weighted by atomic mass is 19.1. The number of carbonyl (C=O) groups is 1. The van der Waals surface area contributed by atoms with Crippen molar-refractivity contribution in [1.29, 1.82) is 0 Å². The molecule has 3 N–H and O–H groups in total. The van der Waals surface area contributed by atoms with Crippen LogP contribution in [0.3, 0.4) is 0 Å². The molecule has 0 radical (unpaired) electrons. The van der Waals surface area contributed by atoms with Gasteiger partial charge < -0.3 is 43.7 Å². The molecule has 9 rings (SSSR count). The second-order valence-corrected chi connectivity index (χ2v) is 14.8. The van der Waals surface area contributed by atoms with Gasteiger partial charge in [0.2, 0.25) is 17.7 Å². The first-order valence-corrected chi connectivity index (χ1v) is 19.9. The number of phenolic OH excluding ortho intramolecular Hbond substituents is 1. The number of hydrogen-bond acceptors (Lipinski definition) is 12. The summed E-state index contributed by atoms with van der Waals surface area (Å²) in [6, 6.07) is 16.6. The molecule has 0 bridgehead atoms. The molecule has 15 nitrogen and oxygen atoms in total. The molecule has 5 heterocycles. The first kappa shape index (κ1) is 41.5. The van der Waals surface area contributed by atoms with Crippen molar-refractivity contribution in [2.24, 2.45) is 0 Å². The van der Waals surface area contributed by atoms with Crippen LogP contribution in [0.1, 0.15) is 24.7 Å². The van der Waals surface area contributed by atoms with Crippen LogP contribution in [0.4, 0.5) is 8.78 Å². The summed E-state index contributed by atoms with van der Waals surface area (Å²) in [5.74, 6) is 0.974. The lowest BCUT2D eigenvalue weighted by atomic mass is 10.2. The Hall–Kier alpha value is -7.27. The monoisotopic (exact) mass is 846 g/mol. The summed E-state index contributed by atoms with van der Waals surface area (Å²) in [4.78, 5) is 38.7. The molecule has 4 aromatic carbocycles. The van der Waals surface area contributed by atoms with Gasteiger partial charge in [0.25, 0.3) is 0 Å². The van der Waals surface area contributed by atoms with Crippen LogP contribution in [0.25, 0.3) is 43.6 Å². The van der Waals surface area contributed by atoms with Gasteiger partial charge in [-0.1, -0.05) is 0 Å². The molecule has 1 aliphatic heterocycles. The van der Waals surface area contributed by atoms with Crippen LogP contribution in [0.15, 0.2) is 73.3 Å².